The Balaban J connectivity index is 1.73. The molecule has 1 aromatic rings. The van der Waals surface area contributed by atoms with Crippen LogP contribution in [-0.2, 0) is 6.54 Å². The molecule has 0 bridgehead atoms. The molecule has 1 unspecified atom stereocenters. The third kappa shape index (κ3) is 4.13. The van der Waals surface area contributed by atoms with Gasteiger partial charge in [0.05, 0.1) is 6.33 Å². The maximum Gasteiger partial charge on any atom is 0.0946 e. The second-order valence-corrected chi connectivity index (χ2v) is 5.26. The summed E-state index contributed by atoms with van der Waals surface area (Å²) < 4.78 is 2.15. The van der Waals surface area contributed by atoms with Gasteiger partial charge < -0.3 is 14.8 Å². The van der Waals surface area contributed by atoms with Crippen LogP contribution in [0.4, 0.5) is 0 Å². The zero-order chi connectivity index (χ0) is 12.1. The van der Waals surface area contributed by atoms with Crippen LogP contribution in [0.1, 0.15) is 26.7 Å². The lowest BCUT2D eigenvalue weighted by atomic mass is 10.1. The van der Waals surface area contributed by atoms with E-state index in [4.69, 9.17) is 0 Å². The molecule has 1 atom stereocenters. The van der Waals surface area contributed by atoms with Crippen LogP contribution < -0.4 is 5.32 Å². The van der Waals surface area contributed by atoms with Crippen LogP contribution in [0.15, 0.2) is 18.7 Å². The molecule has 1 saturated heterocycles. The minimum absolute atomic E-state index is 0.591. The minimum Gasteiger partial charge on any atom is -0.336 e. The highest BCUT2D eigenvalue weighted by atomic mass is 15.2. The van der Waals surface area contributed by atoms with Crippen molar-refractivity contribution in [1.82, 2.24) is 19.8 Å². The standard InChI is InChI=1S/C13H24N4/c1-12(2)15-13-4-3-6-16(10-13)8-9-17-7-5-14-11-17/h5,7,11-13,15H,3-4,6,8-10H2,1-2H3. The van der Waals surface area contributed by atoms with E-state index < -0.39 is 0 Å². The van der Waals surface area contributed by atoms with E-state index in [1.54, 1.807) is 0 Å². The van der Waals surface area contributed by atoms with Crippen LogP contribution in [-0.4, -0.2) is 46.2 Å². The highest BCUT2D eigenvalue weighted by molar-refractivity contribution is 4.80. The van der Waals surface area contributed by atoms with Gasteiger partial charge in [-0.25, -0.2) is 4.98 Å². The number of hydrogen-bond acceptors (Lipinski definition) is 3. The Morgan fingerprint density at radius 2 is 2.29 bits per heavy atom. The Bertz CT molecular complexity index is 307. The first kappa shape index (κ1) is 12.6. The molecule has 4 nitrogen and oxygen atoms in total. The molecule has 4 heteroatoms. The van der Waals surface area contributed by atoms with Crippen molar-refractivity contribution in [3.8, 4) is 0 Å². The number of nitrogens with one attached hydrogen (secondary N) is 1. The molecule has 0 aliphatic carbocycles. The van der Waals surface area contributed by atoms with Crippen molar-refractivity contribution in [3.63, 3.8) is 0 Å². The average Bonchev–Trinajstić information content (AvgIpc) is 2.79. The van der Waals surface area contributed by atoms with Crippen molar-refractivity contribution < 1.29 is 0 Å². The van der Waals surface area contributed by atoms with Gasteiger partial charge in [0.25, 0.3) is 0 Å². The Morgan fingerprint density at radius 3 is 3.00 bits per heavy atom. The van der Waals surface area contributed by atoms with E-state index in [1.165, 1.54) is 25.9 Å². The van der Waals surface area contributed by atoms with E-state index in [2.05, 4.69) is 33.6 Å². The SMILES string of the molecule is CC(C)NC1CCCN(CCn2ccnc2)C1. The van der Waals surface area contributed by atoms with Gasteiger partial charge in [-0.15, -0.1) is 0 Å². The van der Waals surface area contributed by atoms with Gasteiger partial charge in [0.2, 0.25) is 0 Å². The van der Waals surface area contributed by atoms with Gasteiger partial charge in [0, 0.05) is 44.1 Å². The lowest BCUT2D eigenvalue weighted by Gasteiger charge is -2.34. The van der Waals surface area contributed by atoms with Crippen molar-refractivity contribution in [3.05, 3.63) is 18.7 Å². The molecule has 0 saturated carbocycles. The smallest absolute Gasteiger partial charge is 0.0946 e. The minimum atomic E-state index is 0.591. The van der Waals surface area contributed by atoms with Gasteiger partial charge in [-0.3, -0.25) is 0 Å². The number of nitrogens with zero attached hydrogens (tertiary/aromatic N) is 3. The van der Waals surface area contributed by atoms with Crippen molar-refractivity contribution >= 4 is 0 Å². The summed E-state index contributed by atoms with van der Waals surface area (Å²) in [5.74, 6) is 0. The Kier molecular flexibility index (Phi) is 4.57. The summed E-state index contributed by atoms with van der Waals surface area (Å²) in [7, 11) is 0. The molecule has 0 radical (unpaired) electrons. The fraction of sp³-hybridized carbons (Fsp3) is 0.769. The Morgan fingerprint density at radius 1 is 1.41 bits per heavy atom. The summed E-state index contributed by atoms with van der Waals surface area (Å²) >= 11 is 0. The molecule has 1 N–H and O–H groups in total. The quantitative estimate of drug-likeness (QED) is 0.837. The summed E-state index contributed by atoms with van der Waals surface area (Å²) in [5.41, 5.74) is 0. The third-order valence-corrected chi connectivity index (χ3v) is 3.31. The van der Waals surface area contributed by atoms with Crippen molar-refractivity contribution in [2.24, 2.45) is 0 Å². The topological polar surface area (TPSA) is 33.1 Å². The second-order valence-electron chi connectivity index (χ2n) is 5.26. The van der Waals surface area contributed by atoms with E-state index in [9.17, 15) is 0 Å². The van der Waals surface area contributed by atoms with Crippen molar-refractivity contribution in [2.45, 2.75) is 45.3 Å². The first-order valence-electron chi connectivity index (χ1n) is 6.68. The molecule has 2 rings (SSSR count). The van der Waals surface area contributed by atoms with E-state index >= 15 is 0 Å². The zero-order valence-electron chi connectivity index (χ0n) is 11.0. The lowest BCUT2D eigenvalue weighted by molar-refractivity contribution is 0.180. The van der Waals surface area contributed by atoms with Gasteiger partial charge in [-0.1, -0.05) is 13.8 Å². The largest absolute Gasteiger partial charge is 0.336 e. The summed E-state index contributed by atoms with van der Waals surface area (Å²) in [6, 6.07) is 1.26. The van der Waals surface area contributed by atoms with Crippen LogP contribution in [0, 0.1) is 0 Å². The van der Waals surface area contributed by atoms with Crippen LogP contribution in [0.2, 0.25) is 0 Å². The number of likely N-dealkylation sites (tertiary alicyclic amines) is 1. The zero-order valence-corrected chi connectivity index (χ0v) is 11.0. The maximum atomic E-state index is 4.07. The van der Waals surface area contributed by atoms with Crippen LogP contribution in [0.25, 0.3) is 0 Å². The van der Waals surface area contributed by atoms with Gasteiger partial charge >= 0.3 is 0 Å². The molecule has 96 valence electrons. The van der Waals surface area contributed by atoms with Gasteiger partial charge in [-0.2, -0.15) is 0 Å². The molecule has 1 aliphatic heterocycles. The van der Waals surface area contributed by atoms with E-state index in [0.29, 0.717) is 12.1 Å². The molecular formula is C13H24N4. The molecule has 2 heterocycles. The number of hydrogen-bond donors (Lipinski definition) is 1. The molecule has 0 aromatic carbocycles. The number of rotatable bonds is 5. The number of piperidine rings is 1. The fourth-order valence-corrected chi connectivity index (χ4v) is 2.54. The highest BCUT2D eigenvalue weighted by Gasteiger charge is 2.19. The van der Waals surface area contributed by atoms with Gasteiger partial charge in [0.15, 0.2) is 0 Å². The van der Waals surface area contributed by atoms with E-state index in [-0.39, 0.29) is 0 Å². The number of aromatic nitrogens is 2. The Hall–Kier alpha value is -0.870. The Labute approximate surface area is 104 Å². The predicted molar refractivity (Wildman–Crippen MR) is 70.0 cm³/mol. The maximum absolute atomic E-state index is 4.07. The van der Waals surface area contributed by atoms with Crippen molar-refractivity contribution in [1.29, 1.82) is 0 Å². The molecule has 1 aromatic heterocycles. The highest BCUT2D eigenvalue weighted by Crippen LogP contribution is 2.10. The average molecular weight is 236 g/mol. The third-order valence-electron chi connectivity index (χ3n) is 3.31. The summed E-state index contributed by atoms with van der Waals surface area (Å²) in [4.78, 5) is 6.63. The van der Waals surface area contributed by atoms with Crippen LogP contribution >= 0.6 is 0 Å². The van der Waals surface area contributed by atoms with Gasteiger partial charge in [0.1, 0.15) is 0 Å². The summed E-state index contributed by atoms with van der Waals surface area (Å²) in [5, 5.41) is 3.64. The van der Waals surface area contributed by atoms with E-state index in [1.807, 2.05) is 18.7 Å². The van der Waals surface area contributed by atoms with Crippen molar-refractivity contribution in [2.75, 3.05) is 19.6 Å². The second kappa shape index (κ2) is 6.17. The van der Waals surface area contributed by atoms with Crippen LogP contribution in [0.3, 0.4) is 0 Å². The molecule has 0 spiro atoms. The van der Waals surface area contributed by atoms with Gasteiger partial charge in [-0.05, 0) is 19.4 Å². The first-order chi connectivity index (χ1) is 8.24. The monoisotopic (exact) mass is 236 g/mol. The lowest BCUT2D eigenvalue weighted by Crippen LogP contribution is -2.48. The molecule has 1 fully saturated rings. The predicted octanol–water partition coefficient (Wildman–Crippen LogP) is 1.35. The normalized spacial score (nSPS) is 22.2. The molecule has 17 heavy (non-hydrogen) atoms. The fourth-order valence-electron chi connectivity index (χ4n) is 2.54. The van der Waals surface area contributed by atoms with Crippen LogP contribution in [0.5, 0.6) is 0 Å². The molecule has 1 aliphatic rings. The molecular weight excluding hydrogens is 212 g/mol. The van der Waals surface area contributed by atoms with E-state index in [0.717, 1.165) is 13.1 Å². The first-order valence-corrected chi connectivity index (χ1v) is 6.68. The number of imidazole rings is 1. The summed E-state index contributed by atoms with van der Waals surface area (Å²) in [6.45, 7) is 9.06. The summed E-state index contributed by atoms with van der Waals surface area (Å²) in [6.07, 6.45) is 8.41. The molecule has 0 amide bonds.